The fourth-order valence-electron chi connectivity index (χ4n) is 2.91. The minimum absolute atomic E-state index is 0.540. The number of carboxylic acid groups (broad SMARTS) is 1. The Labute approximate surface area is 133 Å². The molecule has 0 spiro atoms. The van der Waals surface area contributed by atoms with Crippen LogP contribution in [0.15, 0.2) is 35.3 Å². The molecule has 2 aromatic rings. The van der Waals surface area contributed by atoms with E-state index >= 15 is 0 Å². The first-order valence-electron chi connectivity index (χ1n) is 7.05. The van der Waals surface area contributed by atoms with E-state index in [2.05, 4.69) is 11.5 Å². The first-order valence-corrected chi connectivity index (χ1v) is 7.43. The molecule has 0 saturated carbocycles. The van der Waals surface area contributed by atoms with Gasteiger partial charge in [-0.1, -0.05) is 17.7 Å². The molecule has 1 aromatic carbocycles. The Morgan fingerprint density at radius 2 is 2.27 bits per heavy atom. The second-order valence-corrected chi connectivity index (χ2v) is 5.68. The number of hydrogen-bond donors (Lipinski definition) is 0. The molecule has 1 aliphatic heterocycles. The van der Waals surface area contributed by atoms with Gasteiger partial charge in [0.15, 0.2) is 0 Å². The molecular weight excluding hydrogens is 302 g/mol. The molecule has 2 heterocycles. The zero-order valence-corrected chi connectivity index (χ0v) is 12.7. The largest absolute Gasteiger partial charge is 0.545 e. The summed E-state index contributed by atoms with van der Waals surface area (Å²) in [5.41, 5.74) is 2.75. The van der Waals surface area contributed by atoms with E-state index in [4.69, 9.17) is 16.0 Å². The molecule has 0 N–H and O–H groups in total. The van der Waals surface area contributed by atoms with Crippen molar-refractivity contribution in [3.05, 3.63) is 52.8 Å². The molecule has 0 bridgehead atoms. The van der Waals surface area contributed by atoms with Crippen LogP contribution in [0.3, 0.4) is 0 Å². The van der Waals surface area contributed by atoms with Gasteiger partial charge in [-0.15, -0.1) is 6.58 Å². The highest BCUT2D eigenvalue weighted by atomic mass is 35.5. The minimum Gasteiger partial charge on any atom is -0.545 e. The lowest BCUT2D eigenvalue weighted by Gasteiger charge is -2.18. The van der Waals surface area contributed by atoms with Crippen LogP contribution in [0.5, 0.6) is 0 Å². The summed E-state index contributed by atoms with van der Waals surface area (Å²) >= 11 is 6.34. The molecule has 0 fully saturated rings. The second-order valence-electron chi connectivity index (χ2n) is 5.27. The summed E-state index contributed by atoms with van der Waals surface area (Å²) in [6, 6.07) is 3.64. The number of rotatable bonds is 4. The Morgan fingerprint density at radius 3 is 3.00 bits per heavy atom. The van der Waals surface area contributed by atoms with E-state index in [1.54, 1.807) is 0 Å². The summed E-state index contributed by atoms with van der Waals surface area (Å²) in [6.07, 6.45) is 5.10. The number of carbonyl (C=O) groups is 1. The summed E-state index contributed by atoms with van der Waals surface area (Å²) in [4.78, 5) is 12.9. The molecule has 3 rings (SSSR count). The average Bonchev–Trinajstić information content (AvgIpc) is 2.69. The molecule has 0 unspecified atom stereocenters. The molecule has 0 saturated heterocycles. The van der Waals surface area contributed by atoms with Gasteiger partial charge in [-0.25, -0.2) is 0 Å². The molecule has 114 valence electrons. The Kier molecular flexibility index (Phi) is 4.05. The number of carboxylic acids is 1. The van der Waals surface area contributed by atoms with E-state index in [1.165, 1.54) is 6.08 Å². The fourth-order valence-corrected chi connectivity index (χ4v) is 3.16. The van der Waals surface area contributed by atoms with Gasteiger partial charge in [0.25, 0.3) is 0 Å². The molecule has 0 radical (unpaired) electrons. The zero-order valence-electron chi connectivity index (χ0n) is 12.0. The first-order chi connectivity index (χ1) is 10.6. The van der Waals surface area contributed by atoms with Gasteiger partial charge in [0.05, 0.1) is 5.97 Å². The molecule has 0 amide bonds. The molecule has 0 aliphatic carbocycles. The minimum atomic E-state index is -1.25. The molecule has 22 heavy (non-hydrogen) atoms. The number of halogens is 1. The maximum Gasteiger partial charge on any atom is 0.135 e. The standard InChI is InChI=1S/C17H16ClNO3/c1-2-8-19-9-7-11-13(18)3-4-15-17(11)12(10-19)14(22-15)5-6-16(20)21/h2-6H,1,7-10H2,(H,20,21)/p-1/b6-5+. The van der Waals surface area contributed by atoms with Gasteiger partial charge in [-0.05, 0) is 36.3 Å². The summed E-state index contributed by atoms with van der Waals surface area (Å²) in [7, 11) is 0. The van der Waals surface area contributed by atoms with Crippen molar-refractivity contribution in [3.8, 4) is 0 Å². The van der Waals surface area contributed by atoms with E-state index in [-0.39, 0.29) is 0 Å². The average molecular weight is 317 g/mol. The zero-order chi connectivity index (χ0) is 15.7. The van der Waals surface area contributed by atoms with Gasteiger partial charge >= 0.3 is 0 Å². The van der Waals surface area contributed by atoms with Gasteiger partial charge < -0.3 is 14.3 Å². The van der Waals surface area contributed by atoms with Crippen molar-refractivity contribution in [2.24, 2.45) is 0 Å². The van der Waals surface area contributed by atoms with Crippen molar-refractivity contribution in [1.29, 1.82) is 0 Å². The van der Waals surface area contributed by atoms with Crippen LogP contribution >= 0.6 is 11.6 Å². The molecule has 1 aliphatic rings. The first kappa shape index (κ1) is 14.9. The number of hydrogen-bond acceptors (Lipinski definition) is 4. The lowest BCUT2D eigenvalue weighted by atomic mass is 10.0. The monoisotopic (exact) mass is 316 g/mol. The van der Waals surface area contributed by atoms with Crippen LogP contribution in [0, 0.1) is 0 Å². The van der Waals surface area contributed by atoms with Crippen LogP contribution in [0.25, 0.3) is 17.0 Å². The molecule has 4 nitrogen and oxygen atoms in total. The molecular formula is C17H15ClNO3-. The third kappa shape index (κ3) is 2.67. The highest BCUT2D eigenvalue weighted by Gasteiger charge is 2.23. The number of carbonyl (C=O) groups excluding carboxylic acids is 1. The quantitative estimate of drug-likeness (QED) is 0.642. The van der Waals surface area contributed by atoms with Crippen LogP contribution in [0.2, 0.25) is 5.02 Å². The highest BCUT2D eigenvalue weighted by Crippen LogP contribution is 2.36. The predicted octanol–water partition coefficient (Wildman–Crippen LogP) is 2.39. The van der Waals surface area contributed by atoms with Crippen LogP contribution in [0.1, 0.15) is 16.9 Å². The third-order valence-electron chi connectivity index (χ3n) is 3.85. The third-order valence-corrected chi connectivity index (χ3v) is 4.21. The van der Waals surface area contributed by atoms with E-state index < -0.39 is 5.97 Å². The van der Waals surface area contributed by atoms with E-state index in [9.17, 15) is 9.90 Å². The van der Waals surface area contributed by atoms with Crippen molar-refractivity contribution in [3.63, 3.8) is 0 Å². The van der Waals surface area contributed by atoms with Crippen LogP contribution in [-0.2, 0) is 17.8 Å². The lowest BCUT2D eigenvalue weighted by molar-refractivity contribution is -0.297. The maximum absolute atomic E-state index is 10.7. The lowest BCUT2D eigenvalue weighted by Crippen LogP contribution is -2.24. The van der Waals surface area contributed by atoms with Crippen molar-refractivity contribution < 1.29 is 14.3 Å². The number of aliphatic carboxylic acids is 1. The van der Waals surface area contributed by atoms with Crippen molar-refractivity contribution in [2.75, 3.05) is 13.1 Å². The predicted molar refractivity (Wildman–Crippen MR) is 84.4 cm³/mol. The SMILES string of the molecule is C=CCN1CCc2c(Cl)ccc3oc(/C=C/C(=O)[O-])c(c23)C1. The molecule has 0 atom stereocenters. The molecule has 1 aromatic heterocycles. The summed E-state index contributed by atoms with van der Waals surface area (Å²) in [5, 5.41) is 12.4. The Hall–Kier alpha value is -2.04. The van der Waals surface area contributed by atoms with Crippen LogP contribution < -0.4 is 5.11 Å². The van der Waals surface area contributed by atoms with E-state index in [0.717, 1.165) is 47.7 Å². The van der Waals surface area contributed by atoms with E-state index in [1.807, 2.05) is 18.2 Å². The van der Waals surface area contributed by atoms with Gasteiger partial charge in [-0.2, -0.15) is 0 Å². The Morgan fingerprint density at radius 1 is 1.45 bits per heavy atom. The fraction of sp³-hybridized carbons (Fsp3) is 0.235. The second kappa shape index (κ2) is 5.99. The van der Waals surface area contributed by atoms with Gasteiger partial charge in [0.2, 0.25) is 0 Å². The van der Waals surface area contributed by atoms with Crippen LogP contribution in [-0.4, -0.2) is 24.0 Å². The van der Waals surface area contributed by atoms with Crippen molar-refractivity contribution in [1.82, 2.24) is 4.90 Å². The normalized spacial score (nSPS) is 15.3. The van der Waals surface area contributed by atoms with Crippen molar-refractivity contribution >= 4 is 34.6 Å². The summed E-state index contributed by atoms with van der Waals surface area (Å²) in [5.74, 6) is -0.707. The Bertz CT molecular complexity index is 776. The Balaban J connectivity index is 2.17. The van der Waals surface area contributed by atoms with Gasteiger partial charge in [0.1, 0.15) is 11.3 Å². The number of benzene rings is 1. The van der Waals surface area contributed by atoms with Gasteiger partial charge in [-0.3, -0.25) is 4.90 Å². The highest BCUT2D eigenvalue weighted by molar-refractivity contribution is 6.32. The smallest absolute Gasteiger partial charge is 0.135 e. The summed E-state index contributed by atoms with van der Waals surface area (Å²) < 4.78 is 5.81. The topological polar surface area (TPSA) is 56.5 Å². The number of furan rings is 1. The van der Waals surface area contributed by atoms with Gasteiger partial charge in [0, 0.05) is 35.6 Å². The van der Waals surface area contributed by atoms with Crippen molar-refractivity contribution in [2.45, 2.75) is 13.0 Å². The molecule has 5 heteroatoms. The van der Waals surface area contributed by atoms with E-state index in [0.29, 0.717) is 17.3 Å². The number of nitrogens with zero attached hydrogens (tertiary/aromatic N) is 1. The van der Waals surface area contributed by atoms with Crippen LogP contribution in [0.4, 0.5) is 0 Å². The summed E-state index contributed by atoms with van der Waals surface area (Å²) in [6.45, 7) is 6.06. The maximum atomic E-state index is 10.7.